The van der Waals surface area contributed by atoms with Gasteiger partial charge in [0.2, 0.25) is 0 Å². The van der Waals surface area contributed by atoms with Crippen LogP contribution in [0.4, 0.5) is 0 Å². The Labute approximate surface area is 115 Å². The van der Waals surface area contributed by atoms with Crippen LogP contribution in [0.1, 0.15) is 25.0 Å². The van der Waals surface area contributed by atoms with E-state index < -0.39 is 0 Å². The number of nitriles is 1. The van der Waals surface area contributed by atoms with E-state index in [0.717, 1.165) is 19.6 Å². The maximum absolute atomic E-state index is 9.12. The highest BCUT2D eigenvalue weighted by molar-refractivity contribution is 5.45. The summed E-state index contributed by atoms with van der Waals surface area (Å²) in [6, 6.07) is 9.07. The average molecular weight is 259 g/mol. The van der Waals surface area contributed by atoms with Crippen molar-refractivity contribution in [2.75, 3.05) is 20.2 Å². The van der Waals surface area contributed by atoms with E-state index >= 15 is 0 Å². The van der Waals surface area contributed by atoms with Crippen LogP contribution in [0.15, 0.2) is 18.2 Å². The van der Waals surface area contributed by atoms with Crippen LogP contribution in [0, 0.1) is 11.3 Å². The predicted octanol–water partition coefficient (Wildman–Crippen LogP) is 1.75. The number of nitrogens with one attached hydrogen (secondary N) is 1. The Morgan fingerprint density at radius 3 is 2.95 bits per heavy atom. The monoisotopic (exact) mass is 259 g/mol. The SMILES string of the molecule is COc1ccc(CN2CC(C)NCC2C)cc1C#N. The van der Waals surface area contributed by atoms with Crippen LogP contribution in [0.5, 0.6) is 5.75 Å². The minimum Gasteiger partial charge on any atom is -0.495 e. The second kappa shape index (κ2) is 6.05. The molecule has 0 spiro atoms. The summed E-state index contributed by atoms with van der Waals surface area (Å²) in [5.41, 5.74) is 1.77. The number of rotatable bonds is 3. The van der Waals surface area contributed by atoms with Crippen molar-refractivity contribution in [3.63, 3.8) is 0 Å². The van der Waals surface area contributed by atoms with Gasteiger partial charge in [0.05, 0.1) is 12.7 Å². The Bertz CT molecular complexity index is 481. The van der Waals surface area contributed by atoms with Crippen molar-refractivity contribution in [3.05, 3.63) is 29.3 Å². The molecule has 2 rings (SSSR count). The number of hydrogen-bond donors (Lipinski definition) is 1. The molecule has 1 saturated heterocycles. The van der Waals surface area contributed by atoms with Crippen LogP contribution in [0.25, 0.3) is 0 Å². The maximum atomic E-state index is 9.12. The van der Waals surface area contributed by atoms with Crippen LogP contribution in [-0.2, 0) is 6.54 Å². The third kappa shape index (κ3) is 3.25. The summed E-state index contributed by atoms with van der Waals surface area (Å²) in [6.45, 7) is 7.37. The summed E-state index contributed by atoms with van der Waals surface area (Å²) in [5.74, 6) is 0.646. The number of benzene rings is 1. The molecule has 102 valence electrons. The number of piperazine rings is 1. The lowest BCUT2D eigenvalue weighted by atomic mass is 10.1. The van der Waals surface area contributed by atoms with Crippen molar-refractivity contribution >= 4 is 0 Å². The first kappa shape index (κ1) is 13.9. The van der Waals surface area contributed by atoms with Gasteiger partial charge in [0.25, 0.3) is 0 Å². The molecule has 2 atom stereocenters. The first-order valence-corrected chi connectivity index (χ1v) is 6.68. The van der Waals surface area contributed by atoms with Gasteiger partial charge in [-0.1, -0.05) is 6.07 Å². The highest BCUT2D eigenvalue weighted by atomic mass is 16.5. The van der Waals surface area contributed by atoms with E-state index in [1.54, 1.807) is 7.11 Å². The van der Waals surface area contributed by atoms with E-state index in [-0.39, 0.29) is 0 Å². The molecule has 1 fully saturated rings. The molecule has 19 heavy (non-hydrogen) atoms. The largest absolute Gasteiger partial charge is 0.495 e. The van der Waals surface area contributed by atoms with Crippen LogP contribution < -0.4 is 10.1 Å². The molecule has 1 aromatic rings. The minimum atomic E-state index is 0.517. The van der Waals surface area contributed by atoms with Crippen LogP contribution in [0.3, 0.4) is 0 Å². The highest BCUT2D eigenvalue weighted by Crippen LogP contribution is 2.21. The molecule has 0 aliphatic carbocycles. The van der Waals surface area contributed by atoms with Gasteiger partial charge in [-0.05, 0) is 31.5 Å². The molecule has 4 heteroatoms. The topological polar surface area (TPSA) is 48.3 Å². The van der Waals surface area contributed by atoms with E-state index in [4.69, 9.17) is 10.00 Å². The summed E-state index contributed by atoms with van der Waals surface area (Å²) in [6.07, 6.45) is 0. The molecule has 1 aliphatic rings. The van der Waals surface area contributed by atoms with Crippen molar-refractivity contribution in [3.8, 4) is 11.8 Å². The number of nitrogens with zero attached hydrogens (tertiary/aromatic N) is 2. The minimum absolute atomic E-state index is 0.517. The molecule has 0 amide bonds. The van der Waals surface area contributed by atoms with Crippen molar-refractivity contribution in [1.29, 1.82) is 5.26 Å². The van der Waals surface area contributed by atoms with Crippen molar-refractivity contribution in [2.24, 2.45) is 0 Å². The lowest BCUT2D eigenvalue weighted by Crippen LogP contribution is -2.53. The molecule has 1 N–H and O–H groups in total. The average Bonchev–Trinajstić information content (AvgIpc) is 2.42. The first-order valence-electron chi connectivity index (χ1n) is 6.68. The highest BCUT2D eigenvalue weighted by Gasteiger charge is 2.22. The summed E-state index contributed by atoms with van der Waals surface area (Å²) in [4.78, 5) is 2.45. The molecule has 0 radical (unpaired) electrons. The molecular formula is C15H21N3O. The quantitative estimate of drug-likeness (QED) is 0.898. The zero-order valence-electron chi connectivity index (χ0n) is 11.8. The lowest BCUT2D eigenvalue weighted by molar-refractivity contribution is 0.139. The van der Waals surface area contributed by atoms with Gasteiger partial charge in [0, 0.05) is 31.7 Å². The van der Waals surface area contributed by atoms with Crippen molar-refractivity contribution in [2.45, 2.75) is 32.5 Å². The van der Waals surface area contributed by atoms with Crippen LogP contribution >= 0.6 is 0 Å². The van der Waals surface area contributed by atoms with Gasteiger partial charge >= 0.3 is 0 Å². The van der Waals surface area contributed by atoms with Gasteiger partial charge < -0.3 is 10.1 Å². The third-order valence-electron chi connectivity index (χ3n) is 3.66. The fraction of sp³-hybridized carbons (Fsp3) is 0.533. The van der Waals surface area contributed by atoms with Crippen LogP contribution in [0.2, 0.25) is 0 Å². The number of hydrogen-bond acceptors (Lipinski definition) is 4. The van der Waals surface area contributed by atoms with E-state index in [0.29, 0.717) is 23.4 Å². The Kier molecular flexibility index (Phi) is 4.41. The van der Waals surface area contributed by atoms with Crippen molar-refractivity contribution < 1.29 is 4.74 Å². The molecule has 4 nitrogen and oxygen atoms in total. The summed E-state index contributed by atoms with van der Waals surface area (Å²) < 4.78 is 5.17. The molecule has 2 unspecified atom stereocenters. The fourth-order valence-electron chi connectivity index (χ4n) is 2.49. The molecule has 1 aromatic carbocycles. The second-order valence-corrected chi connectivity index (χ2v) is 5.23. The molecule has 0 saturated carbocycles. The van der Waals surface area contributed by atoms with Gasteiger partial charge in [-0.15, -0.1) is 0 Å². The van der Waals surface area contributed by atoms with E-state index in [1.807, 2.05) is 18.2 Å². The molecule has 1 aliphatic heterocycles. The van der Waals surface area contributed by atoms with Crippen LogP contribution in [-0.4, -0.2) is 37.2 Å². The third-order valence-corrected chi connectivity index (χ3v) is 3.66. The first-order chi connectivity index (χ1) is 9.13. The van der Waals surface area contributed by atoms with Gasteiger partial charge in [0.1, 0.15) is 11.8 Å². The molecule has 0 aromatic heterocycles. The summed E-state index contributed by atoms with van der Waals surface area (Å²) in [5, 5.41) is 12.6. The maximum Gasteiger partial charge on any atom is 0.136 e. The van der Waals surface area contributed by atoms with Gasteiger partial charge in [0.15, 0.2) is 0 Å². The Morgan fingerprint density at radius 1 is 1.47 bits per heavy atom. The Balaban J connectivity index is 2.12. The molecule has 1 heterocycles. The van der Waals surface area contributed by atoms with E-state index in [2.05, 4.69) is 30.1 Å². The number of ether oxygens (including phenoxy) is 1. The smallest absolute Gasteiger partial charge is 0.136 e. The zero-order chi connectivity index (χ0) is 13.8. The number of methoxy groups -OCH3 is 1. The van der Waals surface area contributed by atoms with E-state index in [1.165, 1.54) is 5.56 Å². The van der Waals surface area contributed by atoms with E-state index in [9.17, 15) is 0 Å². The van der Waals surface area contributed by atoms with Gasteiger partial charge in [-0.25, -0.2) is 0 Å². The molecule has 0 bridgehead atoms. The summed E-state index contributed by atoms with van der Waals surface area (Å²) >= 11 is 0. The second-order valence-electron chi connectivity index (χ2n) is 5.23. The Hall–Kier alpha value is -1.57. The lowest BCUT2D eigenvalue weighted by Gasteiger charge is -2.37. The van der Waals surface area contributed by atoms with Gasteiger partial charge in [-0.2, -0.15) is 5.26 Å². The summed E-state index contributed by atoms with van der Waals surface area (Å²) in [7, 11) is 1.59. The fourth-order valence-corrected chi connectivity index (χ4v) is 2.49. The molecular weight excluding hydrogens is 238 g/mol. The normalized spacial score (nSPS) is 23.9. The Morgan fingerprint density at radius 2 is 2.26 bits per heavy atom. The standard InChI is InChI=1S/C15H21N3O/c1-11-9-18(12(2)8-17-11)10-13-4-5-15(19-3)14(6-13)7-16/h4-6,11-12,17H,8-10H2,1-3H3. The van der Waals surface area contributed by atoms with Crippen molar-refractivity contribution in [1.82, 2.24) is 10.2 Å². The zero-order valence-corrected chi connectivity index (χ0v) is 11.8. The van der Waals surface area contributed by atoms with Gasteiger partial charge in [-0.3, -0.25) is 4.90 Å². The predicted molar refractivity (Wildman–Crippen MR) is 75.0 cm³/mol.